The van der Waals surface area contributed by atoms with Crippen LogP contribution in [-0.2, 0) is 0 Å². The second-order valence-electron chi connectivity index (χ2n) is 5.81. The summed E-state index contributed by atoms with van der Waals surface area (Å²) < 4.78 is 37.6. The second-order valence-corrected chi connectivity index (χ2v) is 5.81. The Hall–Kier alpha value is -2.34. The third-order valence-electron chi connectivity index (χ3n) is 3.87. The first-order chi connectivity index (χ1) is 11.7. The predicted octanol–water partition coefficient (Wildman–Crippen LogP) is 4.43. The zero-order valence-corrected chi connectivity index (χ0v) is 14.0. The number of amides is 1. The largest absolute Gasteiger partial charge is 0.406 e. The van der Waals surface area contributed by atoms with Gasteiger partial charge in [0.15, 0.2) is 0 Å². The number of aliphatic hydroxyl groups excluding tert-OH is 1. The lowest BCUT2D eigenvalue weighted by molar-refractivity contribution is -0.140. The minimum atomic E-state index is -4.42. The highest BCUT2D eigenvalue weighted by molar-refractivity contribution is 5.94. The molecule has 0 bridgehead atoms. The molecule has 6 heteroatoms. The molecule has 2 aromatic rings. The van der Waals surface area contributed by atoms with Gasteiger partial charge in [0, 0.05) is 12.1 Å². The summed E-state index contributed by atoms with van der Waals surface area (Å²) in [7, 11) is 0. The first-order valence-corrected chi connectivity index (χ1v) is 7.95. The van der Waals surface area contributed by atoms with Crippen LogP contribution < -0.4 is 0 Å². The summed E-state index contributed by atoms with van der Waals surface area (Å²) in [4.78, 5) is 13.0. The molecule has 3 nitrogen and oxygen atoms in total. The number of rotatable bonds is 5. The Morgan fingerprint density at radius 2 is 1.76 bits per heavy atom. The molecule has 1 amide bonds. The first-order valence-electron chi connectivity index (χ1n) is 7.95. The Morgan fingerprint density at radius 1 is 1.12 bits per heavy atom. The number of carbonyl (C=O) groups is 1. The molecule has 0 saturated carbocycles. The maximum atomic E-state index is 12.5. The highest BCUT2D eigenvalue weighted by Gasteiger charge is 2.32. The normalized spacial score (nSPS) is 12.7. The highest BCUT2D eigenvalue weighted by Crippen LogP contribution is 2.24. The summed E-state index contributed by atoms with van der Waals surface area (Å²) in [6.07, 6.45) is -5.02. The van der Waals surface area contributed by atoms with E-state index in [1.54, 1.807) is 19.1 Å². The average molecular weight is 351 g/mol. The third-order valence-corrected chi connectivity index (χ3v) is 3.87. The molecule has 0 aromatic heterocycles. The summed E-state index contributed by atoms with van der Waals surface area (Å²) in [5.41, 5.74) is 2.65. The van der Waals surface area contributed by atoms with Gasteiger partial charge in [-0.15, -0.1) is 0 Å². The summed E-state index contributed by atoms with van der Waals surface area (Å²) >= 11 is 0. The Bertz CT molecular complexity index is 724. The van der Waals surface area contributed by atoms with Crippen molar-refractivity contribution in [2.24, 2.45) is 0 Å². The van der Waals surface area contributed by atoms with Crippen molar-refractivity contribution in [3.8, 4) is 11.1 Å². The molecule has 0 spiro atoms. The number of alkyl halides is 3. The van der Waals surface area contributed by atoms with Crippen molar-refractivity contribution in [1.82, 2.24) is 4.90 Å². The minimum Gasteiger partial charge on any atom is -0.389 e. The van der Waals surface area contributed by atoms with E-state index < -0.39 is 24.7 Å². The molecule has 25 heavy (non-hydrogen) atoms. The Labute approximate surface area is 144 Å². The lowest BCUT2D eigenvalue weighted by Crippen LogP contribution is -2.38. The Balaban J connectivity index is 2.21. The van der Waals surface area contributed by atoms with Crippen molar-refractivity contribution in [1.29, 1.82) is 0 Å². The molecular weight excluding hydrogens is 331 g/mol. The van der Waals surface area contributed by atoms with Crippen LogP contribution in [0.5, 0.6) is 0 Å². The maximum Gasteiger partial charge on any atom is 0.406 e. The fourth-order valence-corrected chi connectivity index (χ4v) is 2.51. The summed E-state index contributed by atoms with van der Waals surface area (Å²) in [5, 5.41) is 9.65. The van der Waals surface area contributed by atoms with Gasteiger partial charge in [0.25, 0.3) is 5.91 Å². The monoisotopic (exact) mass is 351 g/mol. The van der Waals surface area contributed by atoms with E-state index in [0.717, 1.165) is 21.6 Å². The van der Waals surface area contributed by atoms with Crippen LogP contribution in [0.4, 0.5) is 13.2 Å². The fraction of sp³-hybridized carbons (Fsp3) is 0.316. The standard InChI is InChI=1S/C19H20F3NO2/c1-3-23(12-19(20,21)22)18(25)15-9-7-14(8-10-15)17-6-4-5-16(11-17)13(2)24/h4-11,13,24H,3,12H2,1-2H3/t13-/m0/s1. The van der Waals surface area contributed by atoms with Gasteiger partial charge in [-0.3, -0.25) is 4.79 Å². The molecule has 0 fully saturated rings. The number of hydrogen-bond donors (Lipinski definition) is 1. The van der Waals surface area contributed by atoms with Gasteiger partial charge in [0.05, 0.1) is 6.10 Å². The van der Waals surface area contributed by atoms with Gasteiger partial charge in [0.1, 0.15) is 6.54 Å². The van der Waals surface area contributed by atoms with Crippen LogP contribution in [0.3, 0.4) is 0 Å². The van der Waals surface area contributed by atoms with Gasteiger partial charge in [0.2, 0.25) is 0 Å². The van der Waals surface area contributed by atoms with Crippen LogP contribution in [-0.4, -0.2) is 35.2 Å². The molecule has 2 aromatic carbocycles. The zero-order valence-electron chi connectivity index (χ0n) is 14.0. The predicted molar refractivity (Wildman–Crippen MR) is 90.1 cm³/mol. The molecule has 0 aliphatic carbocycles. The number of halogens is 3. The molecule has 0 aliphatic rings. The molecule has 0 saturated heterocycles. The van der Waals surface area contributed by atoms with Crippen LogP contribution in [0.1, 0.15) is 35.9 Å². The number of benzene rings is 2. The molecule has 0 aliphatic heterocycles. The van der Waals surface area contributed by atoms with E-state index in [2.05, 4.69) is 0 Å². The zero-order chi connectivity index (χ0) is 18.6. The average Bonchev–Trinajstić information content (AvgIpc) is 2.58. The van der Waals surface area contributed by atoms with Crippen molar-refractivity contribution in [2.45, 2.75) is 26.1 Å². The fourth-order valence-electron chi connectivity index (χ4n) is 2.51. The Kier molecular flexibility index (Phi) is 5.85. The third kappa shape index (κ3) is 5.06. The molecule has 1 atom stereocenters. The van der Waals surface area contributed by atoms with Crippen molar-refractivity contribution in [3.63, 3.8) is 0 Å². The SMILES string of the molecule is CCN(CC(F)(F)F)C(=O)c1ccc(-c2cccc([C@H](C)O)c2)cc1. The van der Waals surface area contributed by atoms with Gasteiger partial charge in [-0.1, -0.05) is 30.3 Å². The molecule has 1 N–H and O–H groups in total. The minimum absolute atomic E-state index is 0.0173. The second kappa shape index (κ2) is 7.70. The van der Waals surface area contributed by atoms with Crippen molar-refractivity contribution >= 4 is 5.91 Å². The van der Waals surface area contributed by atoms with Gasteiger partial charge < -0.3 is 10.0 Å². The van der Waals surface area contributed by atoms with E-state index in [1.165, 1.54) is 19.1 Å². The van der Waals surface area contributed by atoms with E-state index in [4.69, 9.17) is 0 Å². The van der Waals surface area contributed by atoms with Crippen LogP contribution in [0.25, 0.3) is 11.1 Å². The molecule has 134 valence electrons. The summed E-state index contributed by atoms with van der Waals surface area (Å²) in [6.45, 7) is 1.90. The number of nitrogens with zero attached hydrogens (tertiary/aromatic N) is 1. The van der Waals surface area contributed by atoms with E-state index in [9.17, 15) is 23.1 Å². The number of carbonyl (C=O) groups excluding carboxylic acids is 1. The molecule has 2 rings (SSSR count). The van der Waals surface area contributed by atoms with Crippen molar-refractivity contribution in [2.75, 3.05) is 13.1 Å². The van der Waals surface area contributed by atoms with Gasteiger partial charge in [-0.25, -0.2) is 0 Å². The molecule has 0 radical (unpaired) electrons. The number of aliphatic hydroxyl groups is 1. The van der Waals surface area contributed by atoms with Crippen molar-refractivity contribution in [3.05, 3.63) is 59.7 Å². The quantitative estimate of drug-likeness (QED) is 0.866. The van der Waals surface area contributed by atoms with Crippen LogP contribution >= 0.6 is 0 Å². The van der Waals surface area contributed by atoms with Crippen LogP contribution in [0.2, 0.25) is 0 Å². The van der Waals surface area contributed by atoms with E-state index >= 15 is 0 Å². The number of hydrogen-bond acceptors (Lipinski definition) is 2. The summed E-state index contributed by atoms with van der Waals surface area (Å²) in [6, 6.07) is 13.7. The molecule has 0 heterocycles. The van der Waals surface area contributed by atoms with Gasteiger partial charge in [-0.05, 0) is 48.7 Å². The van der Waals surface area contributed by atoms with Crippen molar-refractivity contribution < 1.29 is 23.1 Å². The maximum absolute atomic E-state index is 12.5. The molecule has 0 unspecified atom stereocenters. The lowest BCUT2D eigenvalue weighted by atomic mass is 10.00. The Morgan fingerprint density at radius 3 is 2.28 bits per heavy atom. The van der Waals surface area contributed by atoms with E-state index in [1.807, 2.05) is 24.3 Å². The smallest absolute Gasteiger partial charge is 0.389 e. The topological polar surface area (TPSA) is 40.5 Å². The van der Waals surface area contributed by atoms with Gasteiger partial charge >= 0.3 is 6.18 Å². The van der Waals surface area contributed by atoms with E-state index in [-0.39, 0.29) is 12.1 Å². The van der Waals surface area contributed by atoms with Crippen LogP contribution in [0, 0.1) is 0 Å². The molecular formula is C19H20F3NO2. The van der Waals surface area contributed by atoms with E-state index in [0.29, 0.717) is 0 Å². The van der Waals surface area contributed by atoms with Gasteiger partial charge in [-0.2, -0.15) is 13.2 Å². The van der Waals surface area contributed by atoms with Crippen LogP contribution in [0.15, 0.2) is 48.5 Å². The highest BCUT2D eigenvalue weighted by atomic mass is 19.4. The first kappa shape index (κ1) is 19.0. The lowest BCUT2D eigenvalue weighted by Gasteiger charge is -2.22. The summed E-state index contributed by atoms with van der Waals surface area (Å²) in [5.74, 6) is -0.649.